The maximum atomic E-state index is 11.4. The number of hydrogen-bond acceptors (Lipinski definition) is 3. The second kappa shape index (κ2) is 6.04. The summed E-state index contributed by atoms with van der Waals surface area (Å²) in [7, 11) is -3.66. The first-order valence-corrected chi connectivity index (χ1v) is 5.08. The molecule has 0 aliphatic rings. The van der Waals surface area contributed by atoms with Gasteiger partial charge in [-0.05, 0) is 19.1 Å². The Morgan fingerprint density at radius 3 is 2.29 bits per heavy atom. The van der Waals surface area contributed by atoms with Gasteiger partial charge in [0, 0.05) is 0 Å². The van der Waals surface area contributed by atoms with E-state index in [0.717, 1.165) is 0 Å². The molecule has 0 spiro atoms. The maximum absolute atomic E-state index is 11.4. The van der Waals surface area contributed by atoms with Crippen molar-refractivity contribution in [3.05, 3.63) is 42.7 Å². The fourth-order valence-corrected chi connectivity index (χ4v) is 1.78. The van der Waals surface area contributed by atoms with Gasteiger partial charge in [-0.25, -0.2) is 0 Å². The summed E-state index contributed by atoms with van der Waals surface area (Å²) in [6.45, 7) is 4.85. The third-order valence-electron chi connectivity index (χ3n) is 1.28. The zero-order valence-corrected chi connectivity index (χ0v) is 12.2. The number of hydrogen-bond donors (Lipinski definition) is 0. The average Bonchev–Trinajstić information content (AvgIpc) is 2.04. The van der Waals surface area contributed by atoms with Gasteiger partial charge in [0.1, 0.15) is 10.7 Å². The van der Waals surface area contributed by atoms with Crippen molar-refractivity contribution in [2.24, 2.45) is 0 Å². The van der Waals surface area contributed by atoms with E-state index in [-0.39, 0.29) is 63.5 Å². The Kier molecular flexibility index (Phi) is 6.19. The molecule has 14 heavy (non-hydrogen) atoms. The molecular formula is C9H11KO3S. The van der Waals surface area contributed by atoms with Crippen LogP contribution in [0.3, 0.4) is 0 Å². The molecule has 0 saturated heterocycles. The van der Waals surface area contributed by atoms with Gasteiger partial charge >= 0.3 is 61.5 Å². The molecule has 0 aromatic heterocycles. The van der Waals surface area contributed by atoms with Gasteiger partial charge in [-0.3, -0.25) is 0 Å². The van der Waals surface area contributed by atoms with E-state index in [0.29, 0.717) is 0 Å². The van der Waals surface area contributed by atoms with E-state index in [1.165, 1.54) is 19.1 Å². The van der Waals surface area contributed by atoms with Gasteiger partial charge in [0.2, 0.25) is 0 Å². The SMILES string of the molecule is C=C(C)OS(=O)(=O)c1ccccc1.[H-].[K+]. The van der Waals surface area contributed by atoms with Crippen molar-refractivity contribution in [2.45, 2.75) is 11.8 Å². The quantitative estimate of drug-likeness (QED) is 0.387. The molecule has 3 nitrogen and oxygen atoms in total. The van der Waals surface area contributed by atoms with Crippen molar-refractivity contribution in [1.29, 1.82) is 0 Å². The summed E-state index contributed by atoms with van der Waals surface area (Å²) < 4.78 is 27.3. The van der Waals surface area contributed by atoms with Crippen LogP contribution in [0.2, 0.25) is 0 Å². The summed E-state index contributed by atoms with van der Waals surface area (Å²) in [5, 5.41) is 0. The number of benzene rings is 1. The smallest absolute Gasteiger partial charge is 1.00 e. The van der Waals surface area contributed by atoms with Gasteiger partial charge in [0.25, 0.3) is 0 Å². The van der Waals surface area contributed by atoms with Crippen LogP contribution in [0.25, 0.3) is 0 Å². The monoisotopic (exact) mass is 238 g/mol. The Morgan fingerprint density at radius 1 is 1.36 bits per heavy atom. The maximum Gasteiger partial charge on any atom is 1.00 e. The third-order valence-corrected chi connectivity index (χ3v) is 2.64. The van der Waals surface area contributed by atoms with Crippen LogP contribution in [0.15, 0.2) is 47.6 Å². The van der Waals surface area contributed by atoms with Crippen molar-refractivity contribution in [2.75, 3.05) is 0 Å². The molecule has 0 aliphatic heterocycles. The minimum absolute atomic E-state index is 0. The Balaban J connectivity index is 0. The van der Waals surface area contributed by atoms with Crippen LogP contribution in [0.1, 0.15) is 8.35 Å². The van der Waals surface area contributed by atoms with Crippen LogP contribution in [0.4, 0.5) is 0 Å². The molecule has 0 aliphatic carbocycles. The van der Waals surface area contributed by atoms with Gasteiger partial charge in [0.05, 0.1) is 0 Å². The topological polar surface area (TPSA) is 43.4 Å². The standard InChI is InChI=1S/C9H10O3S.K.H/c1-8(2)12-13(10,11)9-6-4-3-5-7-9;;/h3-7H,1H2,2H3;;/q;+1;-1. The van der Waals surface area contributed by atoms with Crippen molar-refractivity contribution < 1.29 is 65.4 Å². The van der Waals surface area contributed by atoms with Gasteiger partial charge in [-0.15, -0.1) is 0 Å². The normalized spacial score (nSPS) is 10.1. The van der Waals surface area contributed by atoms with Crippen molar-refractivity contribution >= 4 is 10.1 Å². The Hall–Kier alpha value is 0.346. The van der Waals surface area contributed by atoms with Gasteiger partial charge < -0.3 is 5.61 Å². The van der Waals surface area contributed by atoms with Crippen LogP contribution < -0.4 is 51.4 Å². The van der Waals surface area contributed by atoms with Crippen LogP contribution in [-0.4, -0.2) is 8.42 Å². The number of rotatable bonds is 3. The van der Waals surface area contributed by atoms with Crippen LogP contribution in [0, 0.1) is 0 Å². The van der Waals surface area contributed by atoms with Crippen molar-refractivity contribution in [1.82, 2.24) is 0 Å². The minimum Gasteiger partial charge on any atom is -1.00 e. The molecular weight excluding hydrogens is 227 g/mol. The first-order valence-electron chi connectivity index (χ1n) is 3.67. The van der Waals surface area contributed by atoms with Crippen LogP contribution in [0.5, 0.6) is 0 Å². The molecule has 0 bridgehead atoms. The van der Waals surface area contributed by atoms with E-state index in [4.69, 9.17) is 0 Å². The van der Waals surface area contributed by atoms with Crippen LogP contribution >= 0.6 is 0 Å². The summed E-state index contributed by atoms with van der Waals surface area (Å²) in [5.41, 5.74) is 0. The largest absolute Gasteiger partial charge is 1.00 e. The predicted molar refractivity (Wildman–Crippen MR) is 50.6 cm³/mol. The summed E-state index contributed by atoms with van der Waals surface area (Å²) >= 11 is 0. The zero-order valence-electron chi connectivity index (χ0n) is 9.23. The summed E-state index contributed by atoms with van der Waals surface area (Å²) in [5.74, 6) is 0.156. The van der Waals surface area contributed by atoms with Crippen molar-refractivity contribution in [3.8, 4) is 0 Å². The van der Waals surface area contributed by atoms with Crippen molar-refractivity contribution in [3.63, 3.8) is 0 Å². The molecule has 72 valence electrons. The number of allylic oxidation sites excluding steroid dienone is 1. The molecule has 0 atom stereocenters. The second-order valence-electron chi connectivity index (χ2n) is 2.55. The molecule has 1 aromatic carbocycles. The van der Waals surface area contributed by atoms with E-state index in [9.17, 15) is 8.42 Å². The average molecular weight is 238 g/mol. The predicted octanol–water partition coefficient (Wildman–Crippen LogP) is -0.958. The van der Waals surface area contributed by atoms with E-state index < -0.39 is 10.1 Å². The Morgan fingerprint density at radius 2 is 1.86 bits per heavy atom. The molecule has 0 amide bonds. The molecule has 1 aromatic rings. The first kappa shape index (κ1) is 14.3. The zero-order chi connectivity index (χ0) is 9.90. The minimum atomic E-state index is -3.66. The molecule has 0 radical (unpaired) electrons. The van der Waals surface area contributed by atoms with E-state index in [1.807, 2.05) is 0 Å². The molecule has 0 heterocycles. The Labute approximate surface area is 128 Å². The molecule has 0 N–H and O–H groups in total. The fraction of sp³-hybridized carbons (Fsp3) is 0.111. The van der Waals surface area contributed by atoms with E-state index >= 15 is 0 Å². The molecule has 0 saturated carbocycles. The Bertz CT molecular complexity index is 403. The first-order chi connectivity index (χ1) is 6.02. The third kappa shape index (κ3) is 4.25. The summed E-state index contributed by atoms with van der Waals surface area (Å²) in [4.78, 5) is 0.137. The molecule has 5 heteroatoms. The second-order valence-corrected chi connectivity index (χ2v) is 4.10. The molecule has 0 fully saturated rings. The van der Waals surface area contributed by atoms with E-state index in [1.54, 1.807) is 18.2 Å². The van der Waals surface area contributed by atoms with Gasteiger partial charge in [-0.2, -0.15) is 8.42 Å². The molecule has 0 unspecified atom stereocenters. The van der Waals surface area contributed by atoms with Gasteiger partial charge in [-0.1, -0.05) is 24.8 Å². The summed E-state index contributed by atoms with van der Waals surface area (Å²) in [6.07, 6.45) is 0. The van der Waals surface area contributed by atoms with Crippen LogP contribution in [-0.2, 0) is 14.3 Å². The van der Waals surface area contributed by atoms with E-state index in [2.05, 4.69) is 10.8 Å². The van der Waals surface area contributed by atoms with Gasteiger partial charge in [0.15, 0.2) is 0 Å². The summed E-state index contributed by atoms with van der Waals surface area (Å²) in [6, 6.07) is 7.94. The molecule has 1 rings (SSSR count). The fourth-order valence-electron chi connectivity index (χ4n) is 0.823.